The zero-order valence-corrected chi connectivity index (χ0v) is 19.9. The molecule has 1 atom stereocenters. The van der Waals surface area contributed by atoms with Crippen LogP contribution in [0.15, 0.2) is 58.9 Å². The van der Waals surface area contributed by atoms with E-state index in [2.05, 4.69) is 5.32 Å². The second-order valence-electron chi connectivity index (χ2n) is 7.89. The number of Topliss-reactive ketones (excluding diaryl/α,β-unsaturated/α-hetero) is 1. The third-order valence-corrected chi connectivity index (χ3v) is 6.97. The summed E-state index contributed by atoms with van der Waals surface area (Å²) in [6.07, 6.45) is 2.17. The number of thioether (sulfide) groups is 1. The summed E-state index contributed by atoms with van der Waals surface area (Å²) in [6, 6.07) is 13.1. The fourth-order valence-corrected chi connectivity index (χ4v) is 5.29. The van der Waals surface area contributed by atoms with Gasteiger partial charge in [0.2, 0.25) is 11.1 Å². The second-order valence-corrected chi connectivity index (χ2v) is 9.27. The van der Waals surface area contributed by atoms with Crippen LogP contribution in [-0.4, -0.2) is 34.8 Å². The number of hydrogen-bond acceptors (Lipinski definition) is 7. The van der Waals surface area contributed by atoms with E-state index in [1.165, 1.54) is 11.8 Å². The Balaban J connectivity index is 1.53. The number of hydrogen-bond donors (Lipinski definition) is 1. The van der Waals surface area contributed by atoms with Crippen LogP contribution >= 0.6 is 23.4 Å². The zero-order chi connectivity index (χ0) is 22.9. The van der Waals surface area contributed by atoms with Gasteiger partial charge >= 0.3 is 0 Å². The van der Waals surface area contributed by atoms with E-state index in [0.717, 1.165) is 35.2 Å². The molecule has 0 bridgehead atoms. The van der Waals surface area contributed by atoms with Gasteiger partial charge in [-0.05, 0) is 48.2 Å². The van der Waals surface area contributed by atoms with Crippen LogP contribution in [0.4, 0.5) is 5.95 Å². The van der Waals surface area contributed by atoms with Crippen molar-refractivity contribution < 1.29 is 14.3 Å². The lowest BCUT2D eigenvalue weighted by Crippen LogP contribution is -2.31. The highest BCUT2D eigenvalue weighted by Gasteiger charge is 2.37. The quantitative estimate of drug-likeness (QED) is 0.480. The Bertz CT molecular complexity index is 1260. The monoisotopic (exact) mass is 482 g/mol. The molecule has 2 aromatic carbocycles. The van der Waals surface area contributed by atoms with Crippen molar-refractivity contribution in [2.45, 2.75) is 36.2 Å². The molecule has 0 fully saturated rings. The first kappa shape index (κ1) is 21.9. The molecule has 0 amide bonds. The van der Waals surface area contributed by atoms with E-state index in [1.807, 2.05) is 47.1 Å². The molecule has 2 heterocycles. The van der Waals surface area contributed by atoms with Gasteiger partial charge in [0.15, 0.2) is 17.3 Å². The lowest BCUT2D eigenvalue weighted by molar-refractivity contribution is -0.116. The number of anilines is 1. The first-order valence-electron chi connectivity index (χ1n) is 10.7. The summed E-state index contributed by atoms with van der Waals surface area (Å²) < 4.78 is 12.7. The Labute approximate surface area is 201 Å². The molecule has 0 saturated heterocycles. The smallest absolute Gasteiger partial charge is 0.227 e. The van der Waals surface area contributed by atoms with Gasteiger partial charge in [0.1, 0.15) is 6.04 Å². The summed E-state index contributed by atoms with van der Waals surface area (Å²) in [6.45, 7) is 0. The number of carbonyl (C=O) groups excluding carboxylic acids is 1. The molecule has 2 aliphatic rings. The Morgan fingerprint density at radius 2 is 2.00 bits per heavy atom. The molecule has 1 aliphatic carbocycles. The van der Waals surface area contributed by atoms with Gasteiger partial charge in [0.05, 0.1) is 14.2 Å². The average Bonchev–Trinajstić information content (AvgIpc) is 3.23. The lowest BCUT2D eigenvalue weighted by atomic mass is 9.85. The standard InChI is InChI=1S/C24H23ClN4O3S/c1-31-19-10-9-15(12-20(19)32-2)22-21-17(7-4-8-18(21)30)26-23-27-24(28-29(22)23)33-13-14-5-3-6-16(25)11-14/h3,5-6,9-12,22H,4,7-8,13H2,1-2H3,(H,26,27,28). The molecule has 1 N–H and O–H groups in total. The largest absolute Gasteiger partial charge is 0.493 e. The van der Waals surface area contributed by atoms with Crippen molar-refractivity contribution in [2.75, 3.05) is 19.5 Å². The Kier molecular flexibility index (Phi) is 6.03. The minimum absolute atomic E-state index is 0.137. The van der Waals surface area contributed by atoms with Crippen molar-refractivity contribution in [3.8, 4) is 11.5 Å². The number of halogens is 1. The van der Waals surface area contributed by atoms with Gasteiger partial charge in [-0.3, -0.25) is 4.79 Å². The van der Waals surface area contributed by atoms with Crippen molar-refractivity contribution in [2.24, 2.45) is 0 Å². The summed E-state index contributed by atoms with van der Waals surface area (Å²) in [4.78, 5) is 17.7. The number of methoxy groups -OCH3 is 2. The van der Waals surface area contributed by atoms with Crippen LogP contribution in [0.3, 0.4) is 0 Å². The van der Waals surface area contributed by atoms with Gasteiger partial charge in [0, 0.05) is 28.5 Å². The van der Waals surface area contributed by atoms with Gasteiger partial charge in [0.25, 0.3) is 0 Å². The van der Waals surface area contributed by atoms with Crippen molar-refractivity contribution >= 4 is 35.1 Å². The molecule has 0 spiro atoms. The number of rotatable bonds is 6. The topological polar surface area (TPSA) is 78.3 Å². The molecule has 3 aromatic rings. The molecule has 7 nitrogen and oxygen atoms in total. The van der Waals surface area contributed by atoms with E-state index in [1.54, 1.807) is 14.2 Å². The second kappa shape index (κ2) is 9.11. The molecule has 1 aliphatic heterocycles. The van der Waals surface area contributed by atoms with E-state index in [-0.39, 0.29) is 11.8 Å². The van der Waals surface area contributed by atoms with Crippen LogP contribution in [0.1, 0.15) is 36.4 Å². The van der Waals surface area contributed by atoms with Crippen LogP contribution in [0, 0.1) is 0 Å². The Morgan fingerprint density at radius 1 is 1.15 bits per heavy atom. The molecule has 5 rings (SSSR count). The van der Waals surface area contributed by atoms with Gasteiger partial charge in [-0.25, -0.2) is 4.68 Å². The maximum Gasteiger partial charge on any atom is 0.227 e. The van der Waals surface area contributed by atoms with Gasteiger partial charge in [-0.1, -0.05) is 41.6 Å². The molecule has 33 heavy (non-hydrogen) atoms. The first-order valence-corrected chi connectivity index (χ1v) is 12.0. The molecule has 0 radical (unpaired) electrons. The third kappa shape index (κ3) is 4.20. The van der Waals surface area contributed by atoms with E-state index in [4.69, 9.17) is 31.2 Å². The number of ketones is 1. The SMILES string of the molecule is COc1ccc(C2C3=C(CCCC3=O)Nc3nc(SCc4cccc(Cl)c4)nn32)cc1OC. The van der Waals surface area contributed by atoms with Crippen molar-refractivity contribution in [3.05, 3.63) is 69.9 Å². The van der Waals surface area contributed by atoms with E-state index in [0.29, 0.717) is 39.8 Å². The van der Waals surface area contributed by atoms with Gasteiger partial charge in [-0.15, -0.1) is 5.10 Å². The highest BCUT2D eigenvalue weighted by Crippen LogP contribution is 2.42. The Morgan fingerprint density at radius 3 is 2.79 bits per heavy atom. The molecule has 9 heteroatoms. The maximum atomic E-state index is 13.0. The molecule has 0 saturated carbocycles. The summed E-state index contributed by atoms with van der Waals surface area (Å²) in [5, 5.41) is 9.49. The van der Waals surface area contributed by atoms with Gasteiger partial charge < -0.3 is 14.8 Å². The van der Waals surface area contributed by atoms with Crippen LogP contribution in [0.2, 0.25) is 5.02 Å². The molecule has 1 unspecified atom stereocenters. The molecular formula is C24H23ClN4O3S. The number of carbonyl (C=O) groups is 1. The maximum absolute atomic E-state index is 13.0. The predicted molar refractivity (Wildman–Crippen MR) is 128 cm³/mol. The van der Waals surface area contributed by atoms with Crippen molar-refractivity contribution in [1.29, 1.82) is 0 Å². The molecule has 1 aromatic heterocycles. The molecular weight excluding hydrogens is 460 g/mol. The minimum Gasteiger partial charge on any atom is -0.493 e. The van der Waals surface area contributed by atoms with Crippen LogP contribution in [-0.2, 0) is 10.5 Å². The van der Waals surface area contributed by atoms with Crippen LogP contribution in [0.5, 0.6) is 11.5 Å². The number of benzene rings is 2. The highest BCUT2D eigenvalue weighted by atomic mass is 35.5. The first-order chi connectivity index (χ1) is 16.1. The van der Waals surface area contributed by atoms with Crippen LogP contribution in [0.25, 0.3) is 0 Å². The number of allylic oxidation sites excluding steroid dienone is 2. The van der Waals surface area contributed by atoms with E-state index in [9.17, 15) is 4.79 Å². The fourth-order valence-electron chi connectivity index (χ4n) is 4.30. The highest BCUT2D eigenvalue weighted by molar-refractivity contribution is 7.98. The summed E-state index contributed by atoms with van der Waals surface area (Å²) in [7, 11) is 3.21. The zero-order valence-electron chi connectivity index (χ0n) is 18.3. The minimum atomic E-state index is -0.378. The van der Waals surface area contributed by atoms with Crippen molar-refractivity contribution in [3.63, 3.8) is 0 Å². The lowest BCUT2D eigenvalue weighted by Gasteiger charge is -2.32. The number of aromatic nitrogens is 3. The van der Waals surface area contributed by atoms with E-state index < -0.39 is 0 Å². The van der Waals surface area contributed by atoms with Crippen LogP contribution < -0.4 is 14.8 Å². The Hall–Kier alpha value is -2.97. The summed E-state index contributed by atoms with van der Waals surface area (Å²) in [5.74, 6) is 2.71. The summed E-state index contributed by atoms with van der Waals surface area (Å²) >= 11 is 7.65. The predicted octanol–water partition coefficient (Wildman–Crippen LogP) is 5.26. The number of ether oxygens (including phenoxy) is 2. The number of nitrogens with zero attached hydrogens (tertiary/aromatic N) is 3. The fraction of sp³-hybridized carbons (Fsp3) is 0.292. The summed E-state index contributed by atoms with van der Waals surface area (Å²) in [5.41, 5.74) is 3.67. The number of fused-ring (bicyclic) bond motifs is 1. The third-order valence-electron chi connectivity index (χ3n) is 5.83. The van der Waals surface area contributed by atoms with Crippen molar-refractivity contribution in [1.82, 2.24) is 14.8 Å². The molecule has 170 valence electrons. The normalized spacial score (nSPS) is 17.3. The average molecular weight is 483 g/mol. The van der Waals surface area contributed by atoms with E-state index >= 15 is 0 Å². The number of nitrogens with one attached hydrogen (secondary N) is 1. The van der Waals surface area contributed by atoms with Gasteiger partial charge in [-0.2, -0.15) is 4.98 Å².